The predicted octanol–water partition coefficient (Wildman–Crippen LogP) is 2.38. The van der Waals surface area contributed by atoms with Gasteiger partial charge in [-0.3, -0.25) is 4.79 Å². The number of carbonyl (C=O) groups is 1. The first-order valence-electron chi connectivity index (χ1n) is 5.04. The van der Waals surface area contributed by atoms with Gasteiger partial charge in [-0.05, 0) is 25.0 Å². The van der Waals surface area contributed by atoms with Crippen molar-refractivity contribution >= 4 is 5.97 Å². The van der Waals surface area contributed by atoms with E-state index in [9.17, 15) is 4.79 Å². The van der Waals surface area contributed by atoms with Crippen LogP contribution in [0.5, 0.6) is 5.75 Å². The van der Waals surface area contributed by atoms with E-state index in [0.717, 1.165) is 23.3 Å². The second kappa shape index (κ2) is 3.93. The third-order valence-corrected chi connectivity index (χ3v) is 2.62. The molecule has 3 heteroatoms. The molecule has 3 nitrogen and oxygen atoms in total. The van der Waals surface area contributed by atoms with Crippen molar-refractivity contribution in [3.05, 3.63) is 29.3 Å². The normalized spacial score (nSPS) is 20.1. The van der Waals surface area contributed by atoms with Crippen molar-refractivity contribution in [1.29, 1.82) is 0 Å². The molecule has 1 unspecified atom stereocenters. The van der Waals surface area contributed by atoms with E-state index in [1.165, 1.54) is 0 Å². The van der Waals surface area contributed by atoms with E-state index >= 15 is 0 Å². The van der Waals surface area contributed by atoms with Gasteiger partial charge in [-0.15, -0.1) is 0 Å². The molecular weight excluding hydrogens is 192 g/mol. The molecule has 0 N–H and O–H groups in total. The van der Waals surface area contributed by atoms with E-state index in [1.807, 2.05) is 25.1 Å². The van der Waals surface area contributed by atoms with Crippen molar-refractivity contribution in [3.63, 3.8) is 0 Å². The fraction of sp³-hybridized carbons (Fsp3) is 0.417. The quantitative estimate of drug-likeness (QED) is 0.697. The fourth-order valence-corrected chi connectivity index (χ4v) is 1.83. The Kier molecular flexibility index (Phi) is 2.62. The lowest BCUT2D eigenvalue weighted by Gasteiger charge is -2.14. The van der Waals surface area contributed by atoms with Crippen molar-refractivity contribution in [1.82, 2.24) is 0 Å². The number of aryl methyl sites for hydroxylation is 1. The molecule has 1 fully saturated rings. The first-order valence-corrected chi connectivity index (χ1v) is 5.04. The lowest BCUT2D eigenvalue weighted by Crippen LogP contribution is -2.01. The Hall–Kier alpha value is -1.51. The third-order valence-electron chi connectivity index (χ3n) is 2.62. The van der Waals surface area contributed by atoms with E-state index < -0.39 is 0 Å². The van der Waals surface area contributed by atoms with Gasteiger partial charge < -0.3 is 9.47 Å². The minimum Gasteiger partial charge on any atom is -0.496 e. The van der Waals surface area contributed by atoms with Crippen LogP contribution in [0.2, 0.25) is 0 Å². The van der Waals surface area contributed by atoms with Gasteiger partial charge in [0, 0.05) is 12.0 Å². The highest BCUT2D eigenvalue weighted by atomic mass is 16.6. The highest BCUT2D eigenvalue weighted by Crippen LogP contribution is 2.35. The van der Waals surface area contributed by atoms with Crippen molar-refractivity contribution in [2.75, 3.05) is 7.11 Å². The number of rotatable bonds is 2. The first kappa shape index (κ1) is 10.0. The van der Waals surface area contributed by atoms with Crippen LogP contribution in [0.25, 0.3) is 0 Å². The Balaban J connectivity index is 2.31. The number of benzene rings is 1. The molecule has 1 atom stereocenters. The summed E-state index contributed by atoms with van der Waals surface area (Å²) in [6, 6.07) is 5.93. The second-order valence-corrected chi connectivity index (χ2v) is 3.76. The molecule has 0 amide bonds. The average molecular weight is 206 g/mol. The minimum atomic E-state index is -0.131. The smallest absolute Gasteiger partial charge is 0.306 e. The maximum absolute atomic E-state index is 11.0. The standard InChI is InChI=1S/C12H14O3/c1-8-3-4-9(11(7-8)14-2)10-5-6-12(13)15-10/h3-4,7,10H,5-6H2,1-2H3. The molecule has 0 spiro atoms. The number of methoxy groups -OCH3 is 1. The number of hydrogen-bond acceptors (Lipinski definition) is 3. The van der Waals surface area contributed by atoms with Gasteiger partial charge in [0.1, 0.15) is 11.9 Å². The zero-order valence-corrected chi connectivity index (χ0v) is 8.95. The van der Waals surface area contributed by atoms with Gasteiger partial charge in [0.2, 0.25) is 0 Å². The summed E-state index contributed by atoms with van der Waals surface area (Å²) in [6.07, 6.45) is 1.12. The number of esters is 1. The van der Waals surface area contributed by atoms with Crippen LogP contribution in [0, 0.1) is 6.92 Å². The number of cyclic esters (lactones) is 1. The molecule has 1 aliphatic heterocycles. The van der Waals surface area contributed by atoms with E-state index in [2.05, 4.69) is 0 Å². The van der Waals surface area contributed by atoms with Crippen LogP contribution in [-0.4, -0.2) is 13.1 Å². The van der Waals surface area contributed by atoms with Crippen LogP contribution in [0.3, 0.4) is 0 Å². The summed E-state index contributed by atoms with van der Waals surface area (Å²) < 4.78 is 10.5. The highest BCUT2D eigenvalue weighted by Gasteiger charge is 2.27. The zero-order valence-electron chi connectivity index (χ0n) is 8.95. The predicted molar refractivity (Wildman–Crippen MR) is 55.8 cm³/mol. The molecule has 1 aromatic rings. The molecule has 1 aliphatic rings. The summed E-state index contributed by atoms with van der Waals surface area (Å²) in [5.41, 5.74) is 2.11. The van der Waals surface area contributed by atoms with Crippen LogP contribution in [0.15, 0.2) is 18.2 Å². The summed E-state index contributed by atoms with van der Waals surface area (Å²) in [5, 5.41) is 0. The van der Waals surface area contributed by atoms with Crippen LogP contribution in [-0.2, 0) is 9.53 Å². The topological polar surface area (TPSA) is 35.5 Å². The van der Waals surface area contributed by atoms with Gasteiger partial charge in [0.05, 0.1) is 7.11 Å². The maximum Gasteiger partial charge on any atom is 0.306 e. The Morgan fingerprint density at radius 3 is 2.87 bits per heavy atom. The minimum absolute atomic E-state index is 0.123. The van der Waals surface area contributed by atoms with E-state index in [1.54, 1.807) is 7.11 Å². The highest BCUT2D eigenvalue weighted by molar-refractivity contribution is 5.72. The molecule has 0 aliphatic carbocycles. The van der Waals surface area contributed by atoms with Crippen LogP contribution < -0.4 is 4.74 Å². The van der Waals surface area contributed by atoms with Crippen molar-refractivity contribution in [3.8, 4) is 5.75 Å². The van der Waals surface area contributed by atoms with Crippen LogP contribution >= 0.6 is 0 Å². The van der Waals surface area contributed by atoms with Gasteiger partial charge in [-0.2, -0.15) is 0 Å². The third kappa shape index (κ3) is 1.96. The molecule has 0 bridgehead atoms. The largest absolute Gasteiger partial charge is 0.496 e. The molecule has 0 aromatic heterocycles. The van der Waals surface area contributed by atoms with E-state index in [4.69, 9.17) is 9.47 Å². The SMILES string of the molecule is COc1cc(C)ccc1C1CCC(=O)O1. The molecule has 15 heavy (non-hydrogen) atoms. The Bertz CT molecular complexity index is 384. The lowest BCUT2D eigenvalue weighted by atomic mass is 10.0. The summed E-state index contributed by atoms with van der Waals surface area (Å²) in [5.74, 6) is 0.678. The number of carbonyl (C=O) groups excluding carboxylic acids is 1. The van der Waals surface area contributed by atoms with Crippen LogP contribution in [0.1, 0.15) is 30.1 Å². The number of hydrogen-bond donors (Lipinski definition) is 0. The first-order chi connectivity index (χ1) is 7.20. The van der Waals surface area contributed by atoms with Crippen molar-refractivity contribution in [2.24, 2.45) is 0 Å². The summed E-state index contributed by atoms with van der Waals surface area (Å²) >= 11 is 0. The summed E-state index contributed by atoms with van der Waals surface area (Å²) in [6.45, 7) is 2.01. The van der Waals surface area contributed by atoms with E-state index in [0.29, 0.717) is 6.42 Å². The van der Waals surface area contributed by atoms with Crippen molar-refractivity contribution in [2.45, 2.75) is 25.9 Å². The molecular formula is C12H14O3. The Morgan fingerprint density at radius 1 is 1.47 bits per heavy atom. The average Bonchev–Trinajstić information content (AvgIpc) is 2.64. The molecule has 1 heterocycles. The lowest BCUT2D eigenvalue weighted by molar-refractivity contribution is -0.141. The zero-order chi connectivity index (χ0) is 10.8. The molecule has 0 saturated carbocycles. The fourth-order valence-electron chi connectivity index (χ4n) is 1.83. The van der Waals surface area contributed by atoms with Crippen LogP contribution in [0.4, 0.5) is 0 Å². The molecule has 1 saturated heterocycles. The molecule has 0 radical (unpaired) electrons. The molecule has 80 valence electrons. The maximum atomic E-state index is 11.0. The molecule has 1 aromatic carbocycles. The summed E-state index contributed by atoms with van der Waals surface area (Å²) in [4.78, 5) is 11.0. The van der Waals surface area contributed by atoms with Gasteiger partial charge in [-0.1, -0.05) is 12.1 Å². The van der Waals surface area contributed by atoms with Gasteiger partial charge >= 0.3 is 5.97 Å². The second-order valence-electron chi connectivity index (χ2n) is 3.76. The van der Waals surface area contributed by atoms with Crippen molar-refractivity contribution < 1.29 is 14.3 Å². The Morgan fingerprint density at radius 2 is 2.27 bits per heavy atom. The van der Waals surface area contributed by atoms with Gasteiger partial charge in [0.25, 0.3) is 0 Å². The molecule has 2 rings (SSSR count). The van der Waals surface area contributed by atoms with E-state index in [-0.39, 0.29) is 12.1 Å². The summed E-state index contributed by atoms with van der Waals surface area (Å²) in [7, 11) is 1.63. The Labute approximate surface area is 89.0 Å². The van der Waals surface area contributed by atoms with Gasteiger partial charge in [0.15, 0.2) is 0 Å². The van der Waals surface area contributed by atoms with Gasteiger partial charge in [-0.25, -0.2) is 0 Å². The number of ether oxygens (including phenoxy) is 2. The monoisotopic (exact) mass is 206 g/mol.